The maximum absolute atomic E-state index is 13.0. The lowest BCUT2D eigenvalue weighted by molar-refractivity contribution is -0.384. The molecule has 1 aromatic rings. The number of hydrogen-bond acceptors (Lipinski definition) is 6. The van der Waals surface area contributed by atoms with E-state index in [0.717, 1.165) is 19.3 Å². The van der Waals surface area contributed by atoms with Gasteiger partial charge in [-0.15, -0.1) is 0 Å². The van der Waals surface area contributed by atoms with Crippen LogP contribution in [-0.4, -0.2) is 56.5 Å². The second-order valence-corrected chi connectivity index (χ2v) is 9.30. The van der Waals surface area contributed by atoms with Gasteiger partial charge in [0, 0.05) is 32.2 Å². The summed E-state index contributed by atoms with van der Waals surface area (Å²) in [4.78, 5) is 13.1. The van der Waals surface area contributed by atoms with Crippen molar-refractivity contribution < 1.29 is 18.1 Å². The second-order valence-electron chi connectivity index (χ2n) is 7.37. The van der Waals surface area contributed by atoms with E-state index < -0.39 is 14.9 Å². The number of hydrogen-bond donors (Lipinski definition) is 0. The zero-order chi connectivity index (χ0) is 19.6. The number of nitrogens with zero attached hydrogens (tertiary/aromatic N) is 3. The molecule has 8 nitrogen and oxygen atoms in total. The molecule has 0 aliphatic carbocycles. The van der Waals surface area contributed by atoms with Crippen LogP contribution in [-0.2, 0) is 14.8 Å². The normalized spacial score (nSPS) is 24.7. The third-order valence-electron chi connectivity index (χ3n) is 5.34. The standard InChI is InChI=1S/C18H27N3O5S/c1-3-15-13-19(9-10-26-15)17-7-6-16(11-18(17)21(22)23)27(24,25)20-8-4-5-14(2)12-20/h6-7,11,14-15H,3-5,8-10,12-13H2,1-2H3/t14-,15+/m0/s1. The van der Waals surface area contributed by atoms with Crippen LogP contribution in [0.3, 0.4) is 0 Å². The van der Waals surface area contributed by atoms with Crippen molar-refractivity contribution in [1.82, 2.24) is 4.31 Å². The Bertz CT molecular complexity index is 798. The topological polar surface area (TPSA) is 93.0 Å². The fraction of sp³-hybridized carbons (Fsp3) is 0.667. The molecule has 3 rings (SSSR count). The number of piperidine rings is 1. The summed E-state index contributed by atoms with van der Waals surface area (Å²) in [6.07, 6.45) is 2.66. The maximum atomic E-state index is 13.0. The molecule has 9 heteroatoms. The number of sulfonamides is 1. The quantitative estimate of drug-likeness (QED) is 0.560. The first-order valence-electron chi connectivity index (χ1n) is 9.48. The van der Waals surface area contributed by atoms with E-state index in [1.54, 1.807) is 6.07 Å². The lowest BCUT2D eigenvalue weighted by Crippen LogP contribution is -2.42. The van der Waals surface area contributed by atoms with Gasteiger partial charge in [0.15, 0.2) is 0 Å². The highest BCUT2D eigenvalue weighted by Crippen LogP contribution is 2.34. The van der Waals surface area contributed by atoms with Gasteiger partial charge in [0.1, 0.15) is 5.69 Å². The monoisotopic (exact) mass is 397 g/mol. The maximum Gasteiger partial charge on any atom is 0.293 e. The molecule has 0 unspecified atom stereocenters. The highest BCUT2D eigenvalue weighted by molar-refractivity contribution is 7.89. The summed E-state index contributed by atoms with van der Waals surface area (Å²) in [5.41, 5.74) is 0.283. The van der Waals surface area contributed by atoms with E-state index in [1.165, 1.54) is 16.4 Å². The number of morpholine rings is 1. The fourth-order valence-electron chi connectivity index (χ4n) is 3.78. The third-order valence-corrected chi connectivity index (χ3v) is 7.20. The van der Waals surface area contributed by atoms with Gasteiger partial charge in [-0.3, -0.25) is 10.1 Å². The van der Waals surface area contributed by atoms with E-state index in [1.807, 2.05) is 18.7 Å². The minimum absolute atomic E-state index is 0.00708. The van der Waals surface area contributed by atoms with E-state index in [2.05, 4.69) is 0 Å². The molecule has 0 aromatic heterocycles. The zero-order valence-electron chi connectivity index (χ0n) is 15.8. The van der Waals surface area contributed by atoms with Crippen molar-refractivity contribution in [2.75, 3.05) is 37.7 Å². The Hall–Kier alpha value is -1.71. The molecule has 0 radical (unpaired) electrons. The van der Waals surface area contributed by atoms with Crippen LogP contribution in [0.2, 0.25) is 0 Å². The molecule has 0 amide bonds. The van der Waals surface area contributed by atoms with Gasteiger partial charge >= 0.3 is 0 Å². The van der Waals surface area contributed by atoms with Gasteiger partial charge in [-0.1, -0.05) is 13.8 Å². The summed E-state index contributed by atoms with van der Waals surface area (Å²) >= 11 is 0. The molecule has 0 N–H and O–H groups in total. The molecule has 2 aliphatic rings. The molecule has 2 heterocycles. The lowest BCUT2D eigenvalue weighted by atomic mass is 10.0. The Labute approximate surface area is 160 Å². The lowest BCUT2D eigenvalue weighted by Gasteiger charge is -2.34. The van der Waals surface area contributed by atoms with Gasteiger partial charge < -0.3 is 9.64 Å². The van der Waals surface area contributed by atoms with Crippen molar-refractivity contribution in [3.05, 3.63) is 28.3 Å². The van der Waals surface area contributed by atoms with Gasteiger partial charge in [0.25, 0.3) is 5.69 Å². The van der Waals surface area contributed by atoms with Gasteiger partial charge in [0.05, 0.1) is 22.5 Å². The summed E-state index contributed by atoms with van der Waals surface area (Å²) < 4.78 is 33.0. The van der Waals surface area contributed by atoms with Crippen LogP contribution >= 0.6 is 0 Å². The van der Waals surface area contributed by atoms with Crippen LogP contribution in [0.25, 0.3) is 0 Å². The van der Waals surface area contributed by atoms with Crippen molar-refractivity contribution in [3.8, 4) is 0 Å². The van der Waals surface area contributed by atoms with Gasteiger partial charge in [-0.2, -0.15) is 4.31 Å². The summed E-state index contributed by atoms with van der Waals surface area (Å²) in [5, 5.41) is 11.7. The number of nitro benzene ring substituents is 1. The van der Waals surface area contributed by atoms with Gasteiger partial charge in [0.2, 0.25) is 10.0 Å². The van der Waals surface area contributed by atoms with Crippen LogP contribution in [0.4, 0.5) is 11.4 Å². The van der Waals surface area contributed by atoms with E-state index in [4.69, 9.17) is 4.74 Å². The highest BCUT2D eigenvalue weighted by atomic mass is 32.2. The van der Waals surface area contributed by atoms with Crippen LogP contribution in [0.5, 0.6) is 0 Å². The molecule has 2 aliphatic heterocycles. The van der Waals surface area contributed by atoms with E-state index in [-0.39, 0.29) is 16.7 Å². The number of nitro groups is 1. The molecule has 2 fully saturated rings. The average molecular weight is 397 g/mol. The predicted molar refractivity (Wildman–Crippen MR) is 102 cm³/mol. The number of ether oxygens (including phenoxy) is 1. The van der Waals surface area contributed by atoms with Crippen molar-refractivity contribution in [3.63, 3.8) is 0 Å². The summed E-state index contributed by atoms with van der Waals surface area (Å²) in [5.74, 6) is 0.294. The Morgan fingerprint density at radius 2 is 2.07 bits per heavy atom. The first kappa shape index (κ1) is 20.0. The van der Waals surface area contributed by atoms with Crippen molar-refractivity contribution in [2.24, 2.45) is 5.92 Å². The predicted octanol–water partition coefficient (Wildman–Crippen LogP) is 2.63. The first-order chi connectivity index (χ1) is 12.8. The largest absolute Gasteiger partial charge is 0.375 e. The number of anilines is 1. The van der Waals surface area contributed by atoms with Gasteiger partial charge in [-0.25, -0.2) is 8.42 Å². The molecule has 0 bridgehead atoms. The van der Waals surface area contributed by atoms with Crippen LogP contribution in [0, 0.1) is 16.0 Å². The van der Waals surface area contributed by atoms with E-state index in [9.17, 15) is 18.5 Å². The molecule has 2 atom stereocenters. The Kier molecular flexibility index (Phi) is 6.02. The highest BCUT2D eigenvalue weighted by Gasteiger charge is 2.32. The van der Waals surface area contributed by atoms with Crippen molar-refractivity contribution >= 4 is 21.4 Å². The molecule has 27 heavy (non-hydrogen) atoms. The summed E-state index contributed by atoms with van der Waals surface area (Å²) in [6.45, 7) is 6.57. The van der Waals surface area contributed by atoms with Crippen LogP contribution in [0.1, 0.15) is 33.1 Å². The Morgan fingerprint density at radius 3 is 2.74 bits per heavy atom. The van der Waals surface area contributed by atoms with E-state index in [0.29, 0.717) is 44.4 Å². The minimum atomic E-state index is -3.73. The van der Waals surface area contributed by atoms with Crippen LogP contribution in [0.15, 0.2) is 23.1 Å². The van der Waals surface area contributed by atoms with Crippen molar-refractivity contribution in [2.45, 2.75) is 44.1 Å². The van der Waals surface area contributed by atoms with Crippen LogP contribution < -0.4 is 4.90 Å². The summed E-state index contributed by atoms with van der Waals surface area (Å²) in [7, 11) is -3.73. The number of rotatable bonds is 5. The Balaban J connectivity index is 1.92. The SMILES string of the molecule is CC[C@@H]1CN(c2ccc(S(=O)(=O)N3CCC[C@H](C)C3)cc2[N+](=O)[O-])CCO1. The minimum Gasteiger partial charge on any atom is -0.375 e. The molecule has 2 saturated heterocycles. The average Bonchev–Trinajstić information content (AvgIpc) is 2.67. The first-order valence-corrected chi connectivity index (χ1v) is 10.9. The second kappa shape index (κ2) is 8.12. The van der Waals surface area contributed by atoms with Gasteiger partial charge in [-0.05, 0) is 37.3 Å². The molecular formula is C18H27N3O5S. The smallest absolute Gasteiger partial charge is 0.293 e. The van der Waals surface area contributed by atoms with Crippen molar-refractivity contribution in [1.29, 1.82) is 0 Å². The molecule has 150 valence electrons. The Morgan fingerprint density at radius 1 is 1.30 bits per heavy atom. The molecular weight excluding hydrogens is 370 g/mol. The third kappa shape index (κ3) is 4.25. The fourth-order valence-corrected chi connectivity index (χ4v) is 5.40. The van der Waals surface area contributed by atoms with E-state index >= 15 is 0 Å². The zero-order valence-corrected chi connectivity index (χ0v) is 16.7. The molecule has 1 aromatic carbocycles. The molecule has 0 spiro atoms. The summed E-state index contributed by atoms with van der Waals surface area (Å²) in [6, 6.07) is 4.27. The molecule has 0 saturated carbocycles. The number of benzene rings is 1.